The first-order chi connectivity index (χ1) is 13.8. The smallest absolute Gasteiger partial charge is 1.00 e. The molecule has 0 radical (unpaired) electrons. The predicted molar refractivity (Wildman–Crippen MR) is 117 cm³/mol. The van der Waals surface area contributed by atoms with E-state index >= 15 is 0 Å². The van der Waals surface area contributed by atoms with Gasteiger partial charge in [-0.1, -0.05) is 104 Å². The SMILES string of the molecule is CC(C1=c2ccccc2=C2C=CC=CC21)C1c2ccccc2-c2ccccc21.[Cl-].[Cl-].[Hf+2]. The van der Waals surface area contributed by atoms with Crippen LogP contribution < -0.4 is 35.3 Å². The second kappa shape index (κ2) is 9.45. The van der Waals surface area contributed by atoms with Gasteiger partial charge in [-0.2, -0.15) is 0 Å². The second-order valence-electron chi connectivity index (χ2n) is 8.12. The molecule has 31 heavy (non-hydrogen) atoms. The first kappa shape index (κ1) is 24.0. The minimum absolute atomic E-state index is 0. The molecule has 152 valence electrons. The van der Waals surface area contributed by atoms with Crippen molar-refractivity contribution < 1.29 is 50.7 Å². The number of fused-ring (bicyclic) bond motifs is 5. The number of hydrogen-bond acceptors (Lipinski definition) is 0. The van der Waals surface area contributed by atoms with Crippen molar-refractivity contribution in [3.05, 3.63) is 119 Å². The van der Waals surface area contributed by atoms with Gasteiger partial charge in [0.15, 0.2) is 0 Å². The van der Waals surface area contributed by atoms with Crippen LogP contribution in [0.15, 0.2) is 97.1 Å². The molecule has 0 saturated carbocycles. The third kappa shape index (κ3) is 3.55. The van der Waals surface area contributed by atoms with E-state index in [9.17, 15) is 0 Å². The molecule has 0 saturated heterocycles. The summed E-state index contributed by atoms with van der Waals surface area (Å²) in [7, 11) is 0. The second-order valence-corrected chi connectivity index (χ2v) is 8.12. The molecule has 0 bridgehead atoms. The monoisotopic (exact) mass is 608 g/mol. The van der Waals surface area contributed by atoms with E-state index < -0.39 is 0 Å². The fourth-order valence-electron chi connectivity index (χ4n) is 5.67. The maximum atomic E-state index is 2.44. The van der Waals surface area contributed by atoms with Crippen LogP contribution in [0, 0.1) is 11.8 Å². The first-order valence-corrected chi connectivity index (χ1v) is 10.2. The summed E-state index contributed by atoms with van der Waals surface area (Å²) >= 11 is 0. The molecule has 0 fully saturated rings. The molecule has 0 spiro atoms. The average Bonchev–Trinajstić information content (AvgIpc) is 3.27. The number of benzene rings is 3. The fraction of sp³-hybridized carbons (Fsp3) is 0.143. The summed E-state index contributed by atoms with van der Waals surface area (Å²) < 4.78 is 0. The quantitative estimate of drug-likeness (QED) is 0.335. The molecule has 2 unspecified atom stereocenters. The van der Waals surface area contributed by atoms with Crippen LogP contribution in [0.4, 0.5) is 0 Å². The van der Waals surface area contributed by atoms with Crippen LogP contribution in [0.25, 0.3) is 22.3 Å². The average molecular weight is 608 g/mol. The Kier molecular flexibility index (Phi) is 7.31. The van der Waals surface area contributed by atoms with E-state index in [1.165, 1.54) is 38.3 Å². The Hall–Kier alpha value is -1.67. The summed E-state index contributed by atoms with van der Waals surface area (Å²) in [5.74, 6) is 1.25. The molecule has 6 rings (SSSR count). The van der Waals surface area contributed by atoms with Crippen molar-refractivity contribution in [1.82, 2.24) is 0 Å². The van der Waals surface area contributed by atoms with Crippen molar-refractivity contribution in [3.8, 4) is 11.1 Å². The van der Waals surface area contributed by atoms with E-state index in [0.717, 1.165) is 0 Å². The van der Waals surface area contributed by atoms with Crippen molar-refractivity contribution in [2.45, 2.75) is 12.8 Å². The maximum absolute atomic E-state index is 2.44. The van der Waals surface area contributed by atoms with Gasteiger partial charge in [0, 0.05) is 11.8 Å². The Labute approximate surface area is 215 Å². The van der Waals surface area contributed by atoms with Crippen LogP contribution in [-0.2, 0) is 25.8 Å². The minimum Gasteiger partial charge on any atom is -1.00 e. The standard InChI is InChI=1S/C28H22.2ClH.Hf/c1-18(27-23-14-6-2-10-19(23)20-11-3-7-15-24(20)27)28-25-16-8-4-12-21(25)22-13-5-9-17-26(22)28;;;/h2-18,23,28H,1H3;2*1H;/q;;;+2/p-2. The molecule has 3 aliphatic rings. The zero-order chi connectivity index (χ0) is 18.7. The molecule has 0 aliphatic heterocycles. The number of hydrogen-bond donors (Lipinski definition) is 0. The van der Waals surface area contributed by atoms with Gasteiger partial charge in [-0.25, -0.2) is 0 Å². The number of halogens is 2. The summed E-state index contributed by atoms with van der Waals surface area (Å²) in [5.41, 5.74) is 8.80. The van der Waals surface area contributed by atoms with Crippen molar-refractivity contribution in [2.24, 2.45) is 11.8 Å². The summed E-state index contributed by atoms with van der Waals surface area (Å²) in [6.45, 7) is 2.44. The Morgan fingerprint density at radius 2 is 1.23 bits per heavy atom. The van der Waals surface area contributed by atoms with Gasteiger partial charge in [0.25, 0.3) is 0 Å². The van der Waals surface area contributed by atoms with Crippen LogP contribution in [-0.4, -0.2) is 0 Å². The number of rotatable bonds is 2. The molecule has 3 aromatic carbocycles. The summed E-state index contributed by atoms with van der Waals surface area (Å²) in [4.78, 5) is 0. The zero-order valence-corrected chi connectivity index (χ0v) is 22.3. The number of allylic oxidation sites excluding steroid dienone is 4. The Bertz CT molecular complexity index is 1260. The summed E-state index contributed by atoms with van der Waals surface area (Å²) in [6, 6.07) is 26.9. The van der Waals surface area contributed by atoms with Gasteiger partial charge in [0.05, 0.1) is 0 Å². The topological polar surface area (TPSA) is 0 Å². The third-order valence-electron chi connectivity index (χ3n) is 6.78. The minimum atomic E-state index is 0. The maximum Gasteiger partial charge on any atom is 2.00 e. The first-order valence-electron chi connectivity index (χ1n) is 10.2. The zero-order valence-electron chi connectivity index (χ0n) is 17.2. The van der Waals surface area contributed by atoms with Gasteiger partial charge in [-0.3, -0.25) is 0 Å². The van der Waals surface area contributed by atoms with Crippen molar-refractivity contribution in [2.75, 3.05) is 0 Å². The van der Waals surface area contributed by atoms with E-state index in [4.69, 9.17) is 0 Å². The molecule has 0 heterocycles. The van der Waals surface area contributed by atoms with Gasteiger partial charge >= 0.3 is 25.8 Å². The Morgan fingerprint density at radius 3 is 1.87 bits per heavy atom. The van der Waals surface area contributed by atoms with Crippen molar-refractivity contribution in [1.29, 1.82) is 0 Å². The van der Waals surface area contributed by atoms with Crippen LogP contribution >= 0.6 is 0 Å². The molecule has 3 aromatic rings. The van der Waals surface area contributed by atoms with Gasteiger partial charge in [-0.15, -0.1) is 0 Å². The normalized spacial score (nSPS) is 18.0. The summed E-state index contributed by atoms with van der Waals surface area (Å²) in [5, 5.41) is 2.85. The van der Waals surface area contributed by atoms with Gasteiger partial charge in [-0.05, 0) is 49.8 Å². The molecular weight excluding hydrogens is 586 g/mol. The predicted octanol–water partition coefficient (Wildman–Crippen LogP) is -0.802. The molecule has 2 atom stereocenters. The molecule has 0 N–H and O–H groups in total. The molecule has 0 nitrogen and oxygen atoms in total. The van der Waals surface area contributed by atoms with E-state index in [0.29, 0.717) is 17.8 Å². The van der Waals surface area contributed by atoms with Crippen LogP contribution in [0.2, 0.25) is 0 Å². The van der Waals surface area contributed by atoms with Gasteiger partial charge in [0.1, 0.15) is 0 Å². The van der Waals surface area contributed by atoms with Gasteiger partial charge < -0.3 is 24.8 Å². The van der Waals surface area contributed by atoms with Crippen LogP contribution in [0.5, 0.6) is 0 Å². The molecule has 0 aromatic heterocycles. The third-order valence-corrected chi connectivity index (χ3v) is 6.78. The van der Waals surface area contributed by atoms with E-state index in [1.807, 2.05) is 0 Å². The molecule has 3 heteroatoms. The molecule has 0 amide bonds. The van der Waals surface area contributed by atoms with Crippen LogP contribution in [0.1, 0.15) is 24.0 Å². The van der Waals surface area contributed by atoms with Crippen molar-refractivity contribution in [3.63, 3.8) is 0 Å². The van der Waals surface area contributed by atoms with E-state index in [1.54, 1.807) is 5.57 Å². The van der Waals surface area contributed by atoms with Crippen LogP contribution in [0.3, 0.4) is 0 Å². The van der Waals surface area contributed by atoms with E-state index in [2.05, 4.69) is 104 Å². The van der Waals surface area contributed by atoms with Gasteiger partial charge in [0.2, 0.25) is 0 Å². The summed E-state index contributed by atoms with van der Waals surface area (Å²) in [6.07, 6.45) is 9.08. The van der Waals surface area contributed by atoms with Crippen molar-refractivity contribution >= 4 is 11.1 Å². The molecular formula is C28H22Cl2Hf. The molecule has 3 aliphatic carbocycles. The largest absolute Gasteiger partial charge is 2.00 e. The Morgan fingerprint density at radius 1 is 0.677 bits per heavy atom. The Balaban J connectivity index is 0.000000907. The fourth-order valence-corrected chi connectivity index (χ4v) is 5.67. The van der Waals surface area contributed by atoms with E-state index in [-0.39, 0.29) is 50.7 Å².